The quantitative estimate of drug-likeness (QED) is 0.818. The Labute approximate surface area is 89.5 Å². The minimum atomic E-state index is 0.628. The number of rotatable bonds is 3. The largest absolute Gasteiger partial charge is 0.486 e. The maximum absolute atomic E-state index is 5.49. The van der Waals surface area contributed by atoms with Gasteiger partial charge in [0.2, 0.25) is 0 Å². The highest BCUT2D eigenvalue weighted by Gasteiger charge is 2.10. The lowest BCUT2D eigenvalue weighted by molar-refractivity contribution is 0.171. The molecule has 3 nitrogen and oxygen atoms in total. The molecule has 0 radical (unpaired) electrons. The minimum Gasteiger partial charge on any atom is -0.486 e. The molecule has 0 unspecified atom stereocenters. The fourth-order valence-electron chi connectivity index (χ4n) is 1.48. The summed E-state index contributed by atoms with van der Waals surface area (Å²) in [4.78, 5) is 0. The third-order valence-electron chi connectivity index (χ3n) is 2.21. The molecule has 1 aliphatic heterocycles. The molecule has 2 rings (SSSR count). The van der Waals surface area contributed by atoms with Crippen molar-refractivity contribution in [1.82, 2.24) is 0 Å². The predicted molar refractivity (Wildman–Crippen MR) is 60.1 cm³/mol. The van der Waals surface area contributed by atoms with Crippen LogP contribution in [0.25, 0.3) is 6.08 Å². The van der Waals surface area contributed by atoms with Crippen molar-refractivity contribution in [1.29, 1.82) is 0 Å². The summed E-state index contributed by atoms with van der Waals surface area (Å²) in [5.74, 6) is 1.66. The molecule has 1 aromatic rings. The van der Waals surface area contributed by atoms with Gasteiger partial charge in [0.05, 0.1) is 0 Å². The minimum absolute atomic E-state index is 0.628. The smallest absolute Gasteiger partial charge is 0.161 e. The van der Waals surface area contributed by atoms with Gasteiger partial charge in [0.15, 0.2) is 11.5 Å². The lowest BCUT2D eigenvalue weighted by Gasteiger charge is -2.18. The molecule has 0 aromatic heterocycles. The highest BCUT2D eigenvalue weighted by molar-refractivity contribution is 5.56. The van der Waals surface area contributed by atoms with E-state index in [0.29, 0.717) is 19.8 Å². The zero-order chi connectivity index (χ0) is 10.5. The molecule has 0 saturated heterocycles. The van der Waals surface area contributed by atoms with Crippen LogP contribution < -0.4 is 15.2 Å². The standard InChI is InChI=1S/C12H15NO2/c13-6-2-1-3-10-4-5-11-12(9-10)15-8-7-14-11/h1,3-5,9H,2,6-8,13H2. The molecule has 2 N–H and O–H groups in total. The van der Waals surface area contributed by atoms with E-state index >= 15 is 0 Å². The summed E-state index contributed by atoms with van der Waals surface area (Å²) in [6.45, 7) is 1.94. The Morgan fingerprint density at radius 1 is 1.20 bits per heavy atom. The van der Waals surface area contributed by atoms with Gasteiger partial charge >= 0.3 is 0 Å². The van der Waals surface area contributed by atoms with Crippen molar-refractivity contribution in [3.8, 4) is 11.5 Å². The first kappa shape index (κ1) is 10.1. The molecular weight excluding hydrogens is 190 g/mol. The van der Waals surface area contributed by atoms with E-state index in [9.17, 15) is 0 Å². The van der Waals surface area contributed by atoms with E-state index in [0.717, 1.165) is 23.5 Å². The Morgan fingerprint density at radius 3 is 2.80 bits per heavy atom. The molecule has 0 saturated carbocycles. The summed E-state index contributed by atoms with van der Waals surface area (Å²) in [6, 6.07) is 5.94. The molecule has 1 aromatic carbocycles. The van der Waals surface area contributed by atoms with Gasteiger partial charge < -0.3 is 15.2 Å². The fourth-order valence-corrected chi connectivity index (χ4v) is 1.48. The average Bonchev–Trinajstić information content (AvgIpc) is 2.29. The number of hydrogen-bond donors (Lipinski definition) is 1. The second-order valence-corrected chi connectivity index (χ2v) is 3.38. The van der Waals surface area contributed by atoms with Crippen molar-refractivity contribution in [2.24, 2.45) is 5.73 Å². The van der Waals surface area contributed by atoms with Crippen LogP contribution in [0.4, 0.5) is 0 Å². The summed E-state index contributed by atoms with van der Waals surface area (Å²) >= 11 is 0. The molecule has 0 spiro atoms. The van der Waals surface area contributed by atoms with Crippen LogP contribution in [0.15, 0.2) is 24.3 Å². The van der Waals surface area contributed by atoms with Crippen LogP contribution in [0.1, 0.15) is 12.0 Å². The zero-order valence-electron chi connectivity index (χ0n) is 8.61. The van der Waals surface area contributed by atoms with Crippen LogP contribution >= 0.6 is 0 Å². The average molecular weight is 205 g/mol. The number of fused-ring (bicyclic) bond motifs is 1. The van der Waals surface area contributed by atoms with Crippen molar-refractivity contribution in [3.63, 3.8) is 0 Å². The van der Waals surface area contributed by atoms with Gasteiger partial charge in [-0.1, -0.05) is 18.2 Å². The third-order valence-corrected chi connectivity index (χ3v) is 2.21. The predicted octanol–water partition coefficient (Wildman–Crippen LogP) is 1.82. The maximum atomic E-state index is 5.49. The van der Waals surface area contributed by atoms with Crippen LogP contribution in [0.2, 0.25) is 0 Å². The van der Waals surface area contributed by atoms with Crippen molar-refractivity contribution in [3.05, 3.63) is 29.8 Å². The van der Waals surface area contributed by atoms with E-state index in [4.69, 9.17) is 15.2 Å². The molecule has 3 heteroatoms. The zero-order valence-corrected chi connectivity index (χ0v) is 8.61. The Morgan fingerprint density at radius 2 is 2.00 bits per heavy atom. The van der Waals surface area contributed by atoms with Crippen LogP contribution in [-0.4, -0.2) is 19.8 Å². The highest BCUT2D eigenvalue weighted by Crippen LogP contribution is 2.31. The van der Waals surface area contributed by atoms with Crippen LogP contribution in [0.5, 0.6) is 11.5 Å². The number of benzene rings is 1. The van der Waals surface area contributed by atoms with E-state index < -0.39 is 0 Å². The van der Waals surface area contributed by atoms with E-state index in [-0.39, 0.29) is 0 Å². The molecule has 0 aliphatic carbocycles. The van der Waals surface area contributed by atoms with Gasteiger partial charge in [-0.3, -0.25) is 0 Å². The van der Waals surface area contributed by atoms with Gasteiger partial charge in [-0.25, -0.2) is 0 Å². The molecule has 0 amide bonds. The summed E-state index contributed by atoms with van der Waals surface area (Å²) in [5.41, 5.74) is 6.53. The normalized spacial score (nSPS) is 14.5. The molecule has 1 heterocycles. The SMILES string of the molecule is NCCC=Cc1ccc2c(c1)OCCO2. The maximum Gasteiger partial charge on any atom is 0.161 e. The monoisotopic (exact) mass is 205 g/mol. The Bertz CT molecular complexity index is 361. The molecule has 80 valence electrons. The lowest BCUT2D eigenvalue weighted by Crippen LogP contribution is -2.15. The van der Waals surface area contributed by atoms with Gasteiger partial charge in [0.1, 0.15) is 13.2 Å². The van der Waals surface area contributed by atoms with Gasteiger partial charge in [-0.2, -0.15) is 0 Å². The van der Waals surface area contributed by atoms with E-state index in [2.05, 4.69) is 6.08 Å². The summed E-state index contributed by atoms with van der Waals surface area (Å²) in [5, 5.41) is 0. The van der Waals surface area contributed by atoms with E-state index in [1.807, 2.05) is 24.3 Å². The first-order valence-corrected chi connectivity index (χ1v) is 5.16. The van der Waals surface area contributed by atoms with Crippen molar-refractivity contribution < 1.29 is 9.47 Å². The molecular formula is C12H15NO2. The molecule has 0 atom stereocenters. The van der Waals surface area contributed by atoms with Gasteiger partial charge in [-0.15, -0.1) is 0 Å². The van der Waals surface area contributed by atoms with Crippen molar-refractivity contribution in [2.45, 2.75) is 6.42 Å². The van der Waals surface area contributed by atoms with Gasteiger partial charge in [0.25, 0.3) is 0 Å². The van der Waals surface area contributed by atoms with Gasteiger partial charge in [-0.05, 0) is 30.7 Å². The Balaban J connectivity index is 2.13. The number of nitrogens with two attached hydrogens (primary N) is 1. The van der Waals surface area contributed by atoms with E-state index in [1.54, 1.807) is 0 Å². The van der Waals surface area contributed by atoms with E-state index in [1.165, 1.54) is 0 Å². The molecule has 15 heavy (non-hydrogen) atoms. The Kier molecular flexibility index (Phi) is 3.25. The summed E-state index contributed by atoms with van der Waals surface area (Å²) < 4.78 is 10.9. The van der Waals surface area contributed by atoms with Gasteiger partial charge in [0, 0.05) is 0 Å². The topological polar surface area (TPSA) is 44.5 Å². The summed E-state index contributed by atoms with van der Waals surface area (Å²) in [6.07, 6.45) is 5.00. The second kappa shape index (κ2) is 4.84. The Hall–Kier alpha value is -1.48. The van der Waals surface area contributed by atoms with Crippen LogP contribution in [-0.2, 0) is 0 Å². The molecule has 1 aliphatic rings. The first-order chi connectivity index (χ1) is 7.40. The van der Waals surface area contributed by atoms with Crippen molar-refractivity contribution in [2.75, 3.05) is 19.8 Å². The van der Waals surface area contributed by atoms with Crippen molar-refractivity contribution >= 4 is 6.08 Å². The first-order valence-electron chi connectivity index (χ1n) is 5.16. The fraction of sp³-hybridized carbons (Fsp3) is 0.333. The van der Waals surface area contributed by atoms with Crippen LogP contribution in [0.3, 0.4) is 0 Å². The third kappa shape index (κ3) is 2.50. The number of ether oxygens (including phenoxy) is 2. The molecule has 0 fully saturated rings. The second-order valence-electron chi connectivity index (χ2n) is 3.38. The highest BCUT2D eigenvalue weighted by atomic mass is 16.6. The van der Waals surface area contributed by atoms with Crippen LogP contribution in [0, 0.1) is 0 Å². The number of hydrogen-bond acceptors (Lipinski definition) is 3. The lowest BCUT2D eigenvalue weighted by atomic mass is 10.1. The summed E-state index contributed by atoms with van der Waals surface area (Å²) in [7, 11) is 0. The molecule has 0 bridgehead atoms.